The number of rotatable bonds is 7. The van der Waals surface area contributed by atoms with Crippen molar-refractivity contribution >= 4 is 17.8 Å². The lowest BCUT2D eigenvalue weighted by Crippen LogP contribution is -2.52. The van der Waals surface area contributed by atoms with Gasteiger partial charge in [-0.2, -0.15) is 13.2 Å². The fourth-order valence-corrected chi connectivity index (χ4v) is 6.30. The van der Waals surface area contributed by atoms with Crippen molar-refractivity contribution in [2.75, 3.05) is 26.2 Å². The van der Waals surface area contributed by atoms with Crippen LogP contribution in [-0.2, 0) is 19.1 Å². The molecule has 2 aromatic rings. The van der Waals surface area contributed by atoms with Gasteiger partial charge in [-0.25, -0.2) is 9.18 Å². The average Bonchev–Trinajstić information content (AvgIpc) is 3.57. The van der Waals surface area contributed by atoms with Crippen molar-refractivity contribution in [2.45, 2.75) is 55.8 Å². The van der Waals surface area contributed by atoms with E-state index in [1.807, 2.05) is 0 Å². The third-order valence-electron chi connectivity index (χ3n) is 8.52. The Balaban J connectivity index is 1.21. The number of amides is 2. The number of alkyl halides is 3. The van der Waals surface area contributed by atoms with Crippen molar-refractivity contribution in [1.82, 2.24) is 15.5 Å². The molecule has 1 spiro atoms. The topological polar surface area (TPSA) is 87.7 Å². The van der Waals surface area contributed by atoms with E-state index in [1.54, 1.807) is 49.4 Å². The van der Waals surface area contributed by atoms with E-state index in [9.17, 15) is 31.9 Å². The summed E-state index contributed by atoms with van der Waals surface area (Å²) < 4.78 is 57.3. The molecular weight excluding hydrogens is 530 g/mol. The number of esters is 1. The number of likely N-dealkylation sites (tertiary alicyclic amines) is 1. The lowest BCUT2D eigenvalue weighted by Gasteiger charge is -2.41. The highest BCUT2D eigenvalue weighted by Crippen LogP contribution is 2.55. The number of nitrogens with one attached hydrogen (secondary N) is 2. The number of hydrogen-bond acceptors (Lipinski definition) is 5. The normalized spacial score (nSPS) is 26.7. The fraction of sp³-hybridized carbons (Fsp3) is 0.483. The molecule has 2 heterocycles. The molecule has 3 fully saturated rings. The molecule has 2 saturated heterocycles. The molecule has 2 N–H and O–H groups in total. The first kappa shape index (κ1) is 28.1. The van der Waals surface area contributed by atoms with Crippen LogP contribution < -0.4 is 10.6 Å². The average molecular weight is 562 g/mol. The Morgan fingerprint density at radius 2 is 1.68 bits per heavy atom. The van der Waals surface area contributed by atoms with Crippen LogP contribution in [0.2, 0.25) is 0 Å². The van der Waals surface area contributed by atoms with E-state index in [0.717, 1.165) is 5.56 Å². The molecule has 40 heavy (non-hydrogen) atoms. The van der Waals surface area contributed by atoms with E-state index in [2.05, 4.69) is 15.5 Å². The molecule has 1 aliphatic carbocycles. The van der Waals surface area contributed by atoms with Gasteiger partial charge < -0.3 is 20.3 Å². The second-order valence-corrected chi connectivity index (χ2v) is 11.1. The van der Waals surface area contributed by atoms with Crippen LogP contribution in [0.5, 0.6) is 0 Å². The molecule has 214 valence electrons. The van der Waals surface area contributed by atoms with Crippen molar-refractivity contribution in [3.63, 3.8) is 0 Å². The van der Waals surface area contributed by atoms with E-state index in [1.165, 1.54) is 12.1 Å². The summed E-state index contributed by atoms with van der Waals surface area (Å²) in [5, 5.41) is 5.72. The van der Waals surface area contributed by atoms with Crippen LogP contribution in [0.3, 0.4) is 0 Å². The number of nitrogens with zero attached hydrogens (tertiary/aromatic N) is 1. The largest absolute Gasteiger partial charge is 0.490 e. The summed E-state index contributed by atoms with van der Waals surface area (Å²) in [6.07, 6.45) is -4.11. The third kappa shape index (κ3) is 5.31. The molecule has 0 aromatic heterocycles. The summed E-state index contributed by atoms with van der Waals surface area (Å²) in [5.74, 6) is -4.25. The smallest absolute Gasteiger partial charge is 0.442 e. The first-order chi connectivity index (χ1) is 18.9. The van der Waals surface area contributed by atoms with Crippen molar-refractivity contribution in [3.8, 4) is 0 Å². The van der Waals surface area contributed by atoms with Crippen LogP contribution in [0, 0.1) is 11.2 Å². The number of hydrogen-bond donors (Lipinski definition) is 2. The molecule has 5 rings (SSSR count). The number of halogens is 4. The zero-order valence-electron chi connectivity index (χ0n) is 22.0. The molecule has 1 saturated carbocycles. The minimum absolute atomic E-state index is 0.0167. The molecule has 0 bridgehead atoms. The van der Waals surface area contributed by atoms with Crippen LogP contribution in [0.25, 0.3) is 0 Å². The molecule has 3 aliphatic rings. The highest BCUT2D eigenvalue weighted by Gasteiger charge is 2.66. The Kier molecular flexibility index (Phi) is 7.37. The summed E-state index contributed by atoms with van der Waals surface area (Å²) >= 11 is 0. The minimum atomic E-state index is -5.22. The Labute approximate surface area is 229 Å². The summed E-state index contributed by atoms with van der Waals surface area (Å²) in [6.45, 7) is 3.78. The molecule has 11 heteroatoms. The molecule has 7 nitrogen and oxygen atoms in total. The molecule has 2 aromatic carbocycles. The van der Waals surface area contributed by atoms with Crippen LogP contribution >= 0.6 is 0 Å². The Bertz CT molecular complexity index is 1260. The van der Waals surface area contributed by atoms with Crippen molar-refractivity contribution in [3.05, 3.63) is 71.5 Å². The number of piperidine rings is 1. The van der Waals surface area contributed by atoms with Crippen LogP contribution in [0.4, 0.5) is 17.6 Å². The maximum absolute atomic E-state index is 13.5. The zero-order chi connectivity index (χ0) is 28.7. The Morgan fingerprint density at radius 3 is 2.30 bits per heavy atom. The summed E-state index contributed by atoms with van der Waals surface area (Å²) in [5.41, 5.74) is -0.997. The standard InChI is InChI=1S/C29H31F4N3O4/c1-18(35-25(38)28(40-26(39)29(31,32)33)15-22(28)19-5-3-2-4-6-19)17-36-13-11-27(12-14-36)23(16-34-24(27)37)20-7-9-21(30)10-8-20/h2-10,18,22-23H,11-17H2,1H3,(H,34,37)(H,35,38)/t18-,22?,23-,28?/m0/s1. The molecule has 0 radical (unpaired) electrons. The number of carbonyl (C=O) groups is 3. The van der Waals surface area contributed by atoms with Gasteiger partial charge in [-0.3, -0.25) is 9.59 Å². The molecule has 4 atom stereocenters. The molecule has 2 unspecified atom stereocenters. The second-order valence-electron chi connectivity index (χ2n) is 11.1. The van der Waals surface area contributed by atoms with Crippen LogP contribution in [0.1, 0.15) is 49.1 Å². The number of carbonyl (C=O) groups excluding carboxylic acids is 3. The SMILES string of the molecule is C[C@@H](CN1CCC2(CC1)C(=O)NC[C@H]2c1ccc(F)cc1)NC(=O)C1(OC(=O)C(F)(F)F)CC1c1ccccc1. The highest BCUT2D eigenvalue weighted by atomic mass is 19.4. The van der Waals surface area contributed by atoms with E-state index < -0.39 is 41.0 Å². The van der Waals surface area contributed by atoms with E-state index in [4.69, 9.17) is 4.74 Å². The van der Waals surface area contributed by atoms with Crippen LogP contribution in [0.15, 0.2) is 54.6 Å². The minimum Gasteiger partial charge on any atom is -0.442 e. The van der Waals surface area contributed by atoms with Gasteiger partial charge in [0, 0.05) is 37.4 Å². The number of benzene rings is 2. The van der Waals surface area contributed by atoms with E-state index in [-0.39, 0.29) is 24.1 Å². The first-order valence-electron chi connectivity index (χ1n) is 13.4. The van der Waals surface area contributed by atoms with Gasteiger partial charge in [-0.05, 0) is 56.1 Å². The summed E-state index contributed by atoms with van der Waals surface area (Å²) in [7, 11) is 0. The summed E-state index contributed by atoms with van der Waals surface area (Å²) in [4.78, 5) is 40.0. The van der Waals surface area contributed by atoms with Gasteiger partial charge >= 0.3 is 12.1 Å². The molecule has 2 aliphatic heterocycles. The Hall–Kier alpha value is -3.47. The Morgan fingerprint density at radius 1 is 1.05 bits per heavy atom. The van der Waals surface area contributed by atoms with Gasteiger partial charge in [0.1, 0.15) is 5.82 Å². The quantitative estimate of drug-likeness (QED) is 0.398. The van der Waals surface area contributed by atoms with Crippen molar-refractivity contribution in [1.29, 1.82) is 0 Å². The highest BCUT2D eigenvalue weighted by molar-refractivity contribution is 5.93. The van der Waals surface area contributed by atoms with E-state index >= 15 is 0 Å². The van der Waals surface area contributed by atoms with Gasteiger partial charge in [-0.1, -0.05) is 42.5 Å². The monoisotopic (exact) mass is 561 g/mol. The fourth-order valence-electron chi connectivity index (χ4n) is 6.30. The van der Waals surface area contributed by atoms with Crippen molar-refractivity contribution < 1.29 is 36.7 Å². The molecular formula is C29H31F4N3O4. The van der Waals surface area contributed by atoms with Gasteiger partial charge in [0.15, 0.2) is 5.60 Å². The summed E-state index contributed by atoms with van der Waals surface area (Å²) in [6, 6.07) is 14.3. The second kappa shape index (κ2) is 10.5. The zero-order valence-corrected chi connectivity index (χ0v) is 22.0. The predicted octanol–water partition coefficient (Wildman–Crippen LogP) is 3.66. The predicted molar refractivity (Wildman–Crippen MR) is 137 cm³/mol. The lowest BCUT2D eigenvalue weighted by molar-refractivity contribution is -0.207. The van der Waals surface area contributed by atoms with Crippen molar-refractivity contribution in [2.24, 2.45) is 5.41 Å². The van der Waals surface area contributed by atoms with Gasteiger partial charge in [-0.15, -0.1) is 0 Å². The maximum Gasteiger partial charge on any atom is 0.490 e. The third-order valence-corrected chi connectivity index (χ3v) is 8.52. The lowest BCUT2D eigenvalue weighted by atomic mass is 9.68. The van der Waals surface area contributed by atoms with Gasteiger partial charge in [0.25, 0.3) is 5.91 Å². The first-order valence-corrected chi connectivity index (χ1v) is 13.4. The van der Waals surface area contributed by atoms with Crippen LogP contribution in [-0.4, -0.2) is 66.7 Å². The van der Waals surface area contributed by atoms with E-state index in [0.29, 0.717) is 44.6 Å². The maximum atomic E-state index is 13.5. The number of ether oxygens (including phenoxy) is 1. The van der Waals surface area contributed by atoms with Gasteiger partial charge in [0.2, 0.25) is 5.91 Å². The molecule has 2 amide bonds. The van der Waals surface area contributed by atoms with Gasteiger partial charge in [0.05, 0.1) is 5.41 Å².